The van der Waals surface area contributed by atoms with Gasteiger partial charge < -0.3 is 5.32 Å². The van der Waals surface area contributed by atoms with Crippen LogP contribution in [0.3, 0.4) is 0 Å². The maximum atomic E-state index is 3.94. The van der Waals surface area contributed by atoms with E-state index < -0.39 is 0 Å². The van der Waals surface area contributed by atoms with E-state index in [1.165, 1.54) is 16.7 Å². The fourth-order valence-electron chi connectivity index (χ4n) is 2.23. The van der Waals surface area contributed by atoms with Crippen molar-refractivity contribution in [2.45, 2.75) is 20.3 Å². The number of aryl methyl sites for hydroxylation is 1. The minimum absolute atomic E-state index is 0.775. The molecule has 1 nitrogen and oxygen atoms in total. The second-order valence-corrected chi connectivity index (χ2v) is 5.72. The van der Waals surface area contributed by atoms with E-state index in [-0.39, 0.29) is 0 Å². The molecule has 0 unspecified atom stereocenters. The highest BCUT2D eigenvalue weighted by Gasteiger charge is 1.98. The van der Waals surface area contributed by atoms with Crippen molar-refractivity contribution in [2.24, 2.45) is 0 Å². The quantitative estimate of drug-likeness (QED) is 0.617. The van der Waals surface area contributed by atoms with Crippen LogP contribution in [-0.4, -0.2) is 6.54 Å². The summed E-state index contributed by atoms with van der Waals surface area (Å²) in [5, 5.41) is 3.38. The van der Waals surface area contributed by atoms with Crippen molar-refractivity contribution in [3.8, 4) is 11.1 Å². The summed E-state index contributed by atoms with van der Waals surface area (Å²) in [4.78, 5) is 0. The number of hydrogen-bond acceptors (Lipinski definition) is 1. The average molecular weight is 303 g/mol. The average Bonchev–Trinajstić information content (AvgIpc) is 2.59. The summed E-state index contributed by atoms with van der Waals surface area (Å²) in [6.07, 6.45) is 5.14. The van der Waals surface area contributed by atoms with Crippen molar-refractivity contribution in [3.05, 3.63) is 90.6 Å². The standard InChI is InChI=1S/C22H25N/c1-5-19-8-10-20(11-9-19)21-12-14-22(15-13-21)23-16-6-7-18(4)17(2)3/h6-15,23H,2,4-5,16H2,1,3H3/b7-6+. The molecule has 0 atom stereocenters. The van der Waals surface area contributed by atoms with Crippen LogP contribution in [0.25, 0.3) is 11.1 Å². The zero-order valence-corrected chi connectivity index (χ0v) is 14.1. The molecule has 118 valence electrons. The first kappa shape index (κ1) is 16.8. The fourth-order valence-corrected chi connectivity index (χ4v) is 2.23. The molecule has 23 heavy (non-hydrogen) atoms. The normalized spacial score (nSPS) is 10.7. The van der Waals surface area contributed by atoms with Gasteiger partial charge in [0.2, 0.25) is 0 Å². The third-order valence-corrected chi connectivity index (χ3v) is 3.87. The van der Waals surface area contributed by atoms with Crippen molar-refractivity contribution in [2.75, 3.05) is 11.9 Å². The Hall–Kier alpha value is -2.54. The molecule has 0 amide bonds. The van der Waals surface area contributed by atoms with E-state index in [2.05, 4.69) is 80.0 Å². The monoisotopic (exact) mass is 303 g/mol. The molecule has 0 spiro atoms. The second kappa shape index (κ2) is 8.19. The minimum atomic E-state index is 0.775. The van der Waals surface area contributed by atoms with Gasteiger partial charge >= 0.3 is 0 Å². The topological polar surface area (TPSA) is 12.0 Å². The molecule has 1 heteroatoms. The summed E-state index contributed by atoms with van der Waals surface area (Å²) in [5.74, 6) is 0. The van der Waals surface area contributed by atoms with E-state index in [0.29, 0.717) is 0 Å². The number of benzene rings is 2. The lowest BCUT2D eigenvalue weighted by atomic mass is 10.0. The van der Waals surface area contributed by atoms with Gasteiger partial charge in [0.15, 0.2) is 0 Å². The van der Waals surface area contributed by atoms with Gasteiger partial charge in [-0.15, -0.1) is 0 Å². The van der Waals surface area contributed by atoms with Crippen molar-refractivity contribution in [1.29, 1.82) is 0 Å². The lowest BCUT2D eigenvalue weighted by Gasteiger charge is -2.07. The van der Waals surface area contributed by atoms with Crippen LogP contribution in [0.4, 0.5) is 5.69 Å². The van der Waals surface area contributed by atoms with Crippen LogP contribution >= 0.6 is 0 Å². The first-order valence-electron chi connectivity index (χ1n) is 8.04. The number of anilines is 1. The number of hydrogen-bond donors (Lipinski definition) is 1. The summed E-state index contributed by atoms with van der Waals surface area (Å²) >= 11 is 0. The number of nitrogens with one attached hydrogen (secondary N) is 1. The van der Waals surface area contributed by atoms with E-state index in [4.69, 9.17) is 0 Å². The van der Waals surface area contributed by atoms with E-state index >= 15 is 0 Å². The number of allylic oxidation sites excluding steroid dienone is 3. The zero-order chi connectivity index (χ0) is 16.7. The van der Waals surface area contributed by atoms with E-state index in [0.717, 1.165) is 29.8 Å². The van der Waals surface area contributed by atoms with Gasteiger partial charge in [-0.3, -0.25) is 0 Å². The van der Waals surface area contributed by atoms with Crippen LogP contribution in [0.2, 0.25) is 0 Å². The van der Waals surface area contributed by atoms with Gasteiger partial charge in [0.25, 0.3) is 0 Å². The summed E-state index contributed by atoms with van der Waals surface area (Å²) in [6, 6.07) is 17.3. The van der Waals surface area contributed by atoms with Crippen LogP contribution in [0.5, 0.6) is 0 Å². The molecule has 0 aromatic heterocycles. The van der Waals surface area contributed by atoms with Crippen LogP contribution < -0.4 is 5.32 Å². The van der Waals surface area contributed by atoms with Gasteiger partial charge in [0, 0.05) is 12.2 Å². The Morgan fingerprint density at radius 1 is 0.957 bits per heavy atom. The highest BCUT2D eigenvalue weighted by Crippen LogP contribution is 2.22. The smallest absolute Gasteiger partial charge is 0.0343 e. The van der Waals surface area contributed by atoms with Gasteiger partial charge in [-0.05, 0) is 47.7 Å². The highest BCUT2D eigenvalue weighted by molar-refractivity contribution is 5.66. The Morgan fingerprint density at radius 3 is 2.04 bits per heavy atom. The molecule has 0 aliphatic heterocycles. The van der Waals surface area contributed by atoms with Crippen LogP contribution in [0.15, 0.2) is 85.0 Å². The highest BCUT2D eigenvalue weighted by atomic mass is 14.8. The lowest BCUT2D eigenvalue weighted by Crippen LogP contribution is -1.97. The van der Waals surface area contributed by atoms with Crippen LogP contribution in [0, 0.1) is 0 Å². The zero-order valence-electron chi connectivity index (χ0n) is 14.1. The summed E-state index contributed by atoms with van der Waals surface area (Å²) in [7, 11) is 0. The first-order valence-corrected chi connectivity index (χ1v) is 8.04. The summed E-state index contributed by atoms with van der Waals surface area (Å²) in [5.41, 5.74) is 6.95. The van der Waals surface area contributed by atoms with E-state index in [9.17, 15) is 0 Å². The molecule has 0 aliphatic carbocycles. The van der Waals surface area contributed by atoms with Crippen molar-refractivity contribution < 1.29 is 0 Å². The van der Waals surface area contributed by atoms with Gasteiger partial charge in [0.1, 0.15) is 0 Å². The van der Waals surface area contributed by atoms with Crippen molar-refractivity contribution >= 4 is 5.69 Å². The van der Waals surface area contributed by atoms with Gasteiger partial charge in [-0.1, -0.05) is 74.2 Å². The maximum Gasteiger partial charge on any atom is 0.0343 e. The Kier molecular flexibility index (Phi) is 5.99. The van der Waals surface area contributed by atoms with Gasteiger partial charge in [-0.25, -0.2) is 0 Å². The molecular weight excluding hydrogens is 278 g/mol. The third-order valence-electron chi connectivity index (χ3n) is 3.87. The maximum absolute atomic E-state index is 3.94. The predicted molar refractivity (Wildman–Crippen MR) is 103 cm³/mol. The van der Waals surface area contributed by atoms with Crippen LogP contribution in [0.1, 0.15) is 19.4 Å². The molecule has 1 N–H and O–H groups in total. The van der Waals surface area contributed by atoms with Crippen LogP contribution in [-0.2, 0) is 6.42 Å². The first-order chi connectivity index (χ1) is 11.1. The molecule has 0 saturated heterocycles. The van der Waals surface area contributed by atoms with Crippen molar-refractivity contribution in [1.82, 2.24) is 0 Å². The largest absolute Gasteiger partial charge is 0.382 e. The van der Waals surface area contributed by atoms with Gasteiger partial charge in [-0.2, -0.15) is 0 Å². The summed E-state index contributed by atoms with van der Waals surface area (Å²) in [6.45, 7) is 12.7. The molecule has 2 rings (SSSR count). The lowest BCUT2D eigenvalue weighted by molar-refractivity contribution is 1.14. The molecular formula is C22H25N. The Bertz CT molecular complexity index is 688. The summed E-state index contributed by atoms with van der Waals surface area (Å²) < 4.78 is 0. The third kappa shape index (κ3) is 5.00. The Labute approximate surface area is 140 Å². The molecule has 0 saturated carbocycles. The predicted octanol–water partition coefficient (Wildman–Crippen LogP) is 6.02. The Balaban J connectivity index is 1.94. The molecule has 0 aliphatic rings. The second-order valence-electron chi connectivity index (χ2n) is 5.72. The SMILES string of the molecule is C=C(C)C(=C)/C=C/CNc1ccc(-c2ccc(CC)cc2)cc1. The molecule has 2 aromatic carbocycles. The van der Waals surface area contributed by atoms with Gasteiger partial charge in [0.05, 0.1) is 0 Å². The van der Waals surface area contributed by atoms with E-state index in [1.807, 2.05) is 13.0 Å². The van der Waals surface area contributed by atoms with E-state index in [1.54, 1.807) is 0 Å². The fraction of sp³-hybridized carbons (Fsp3) is 0.182. The Morgan fingerprint density at radius 2 is 1.52 bits per heavy atom. The molecule has 0 bridgehead atoms. The minimum Gasteiger partial charge on any atom is -0.382 e. The molecule has 0 radical (unpaired) electrons. The molecule has 0 heterocycles. The number of rotatable bonds is 7. The van der Waals surface area contributed by atoms with Crippen molar-refractivity contribution in [3.63, 3.8) is 0 Å². The molecule has 2 aromatic rings. The molecule has 0 fully saturated rings.